The summed E-state index contributed by atoms with van der Waals surface area (Å²) in [4.78, 5) is 1.00. The summed E-state index contributed by atoms with van der Waals surface area (Å²) in [5.41, 5.74) is 0.214. The second kappa shape index (κ2) is 5.10. The minimum atomic E-state index is -1.45. The monoisotopic (exact) mass is 321 g/mol. The van der Waals surface area contributed by atoms with E-state index in [9.17, 15) is 13.2 Å². The third-order valence-electron chi connectivity index (χ3n) is 2.08. The molecular weight excluding hydrogens is 315 g/mol. The normalized spacial score (nSPS) is 10.6. The minimum Gasteiger partial charge on any atom is -0.380 e. The van der Waals surface area contributed by atoms with Crippen molar-refractivity contribution in [3.05, 3.63) is 50.4 Å². The van der Waals surface area contributed by atoms with Crippen LogP contribution < -0.4 is 5.32 Å². The van der Waals surface area contributed by atoms with Gasteiger partial charge in [-0.2, -0.15) is 0 Å². The molecule has 6 heteroatoms. The van der Waals surface area contributed by atoms with E-state index in [0.717, 1.165) is 20.8 Å². The van der Waals surface area contributed by atoms with Gasteiger partial charge >= 0.3 is 0 Å². The predicted octanol–water partition coefficient (Wildman–Crippen LogP) is 4.54. The first-order valence-electron chi connectivity index (χ1n) is 4.69. The Balaban J connectivity index is 2.09. The third-order valence-corrected chi connectivity index (χ3v) is 3.70. The summed E-state index contributed by atoms with van der Waals surface area (Å²) < 4.78 is 39.5. The van der Waals surface area contributed by atoms with Crippen molar-refractivity contribution in [3.63, 3.8) is 0 Å². The summed E-state index contributed by atoms with van der Waals surface area (Å²) in [5, 5.41) is 2.83. The van der Waals surface area contributed by atoms with E-state index in [1.165, 1.54) is 11.3 Å². The molecule has 17 heavy (non-hydrogen) atoms. The fourth-order valence-electron chi connectivity index (χ4n) is 1.29. The van der Waals surface area contributed by atoms with Crippen molar-refractivity contribution >= 4 is 33.0 Å². The molecule has 1 aromatic carbocycles. The molecule has 1 N–H and O–H groups in total. The summed E-state index contributed by atoms with van der Waals surface area (Å²) in [6.45, 7) is 0.431. The van der Waals surface area contributed by atoms with Gasteiger partial charge in [0.2, 0.25) is 0 Å². The quantitative estimate of drug-likeness (QED) is 0.818. The Bertz CT molecular complexity index is 518. The molecular formula is C11H7BrF3NS. The number of halogens is 4. The van der Waals surface area contributed by atoms with Gasteiger partial charge in [0.25, 0.3) is 0 Å². The molecule has 2 aromatic rings. The maximum atomic E-state index is 12.9. The molecule has 0 spiro atoms. The van der Waals surface area contributed by atoms with Crippen LogP contribution in [0.4, 0.5) is 18.9 Å². The van der Waals surface area contributed by atoms with Gasteiger partial charge in [-0.25, -0.2) is 13.2 Å². The van der Waals surface area contributed by atoms with Gasteiger partial charge in [-0.3, -0.25) is 0 Å². The molecule has 0 aliphatic carbocycles. The Morgan fingerprint density at radius 3 is 2.29 bits per heavy atom. The molecule has 0 fully saturated rings. The Hall–Kier alpha value is -1.01. The van der Waals surface area contributed by atoms with E-state index in [1.807, 2.05) is 12.1 Å². The maximum Gasteiger partial charge on any atom is 0.194 e. The Labute approximate surface area is 108 Å². The first-order valence-corrected chi connectivity index (χ1v) is 6.30. The lowest BCUT2D eigenvalue weighted by Gasteiger charge is -2.05. The van der Waals surface area contributed by atoms with Crippen molar-refractivity contribution in [2.45, 2.75) is 6.54 Å². The van der Waals surface area contributed by atoms with Gasteiger partial charge in [0.05, 0.1) is 3.79 Å². The zero-order chi connectivity index (χ0) is 12.4. The molecule has 2 rings (SSSR count). The largest absolute Gasteiger partial charge is 0.380 e. The highest BCUT2D eigenvalue weighted by Gasteiger charge is 2.10. The number of rotatable bonds is 3. The predicted molar refractivity (Wildman–Crippen MR) is 65.7 cm³/mol. The molecule has 0 saturated heterocycles. The molecule has 0 aliphatic rings. The van der Waals surface area contributed by atoms with Crippen molar-refractivity contribution in [1.82, 2.24) is 0 Å². The molecule has 90 valence electrons. The van der Waals surface area contributed by atoms with Crippen LogP contribution in [0.2, 0.25) is 0 Å². The standard InChI is InChI=1S/C11H7BrF3NS/c12-10-2-1-7(17-10)5-16-6-3-8(13)11(15)9(14)4-6/h1-4,16H,5H2. The average molecular weight is 322 g/mol. The Morgan fingerprint density at radius 2 is 1.76 bits per heavy atom. The third kappa shape index (κ3) is 3.01. The van der Waals surface area contributed by atoms with E-state index in [4.69, 9.17) is 0 Å². The Kier molecular flexibility index (Phi) is 3.73. The van der Waals surface area contributed by atoms with Crippen molar-refractivity contribution in [3.8, 4) is 0 Å². The molecule has 0 saturated carbocycles. The molecule has 0 unspecified atom stereocenters. The van der Waals surface area contributed by atoms with Crippen LogP contribution in [0.25, 0.3) is 0 Å². The van der Waals surface area contributed by atoms with E-state index < -0.39 is 17.5 Å². The van der Waals surface area contributed by atoms with Crippen molar-refractivity contribution in [2.24, 2.45) is 0 Å². The zero-order valence-electron chi connectivity index (χ0n) is 8.44. The lowest BCUT2D eigenvalue weighted by Crippen LogP contribution is -2.00. The summed E-state index contributed by atoms with van der Waals surface area (Å²) in [7, 11) is 0. The molecule has 0 amide bonds. The molecule has 0 bridgehead atoms. The fraction of sp³-hybridized carbons (Fsp3) is 0.0909. The topological polar surface area (TPSA) is 12.0 Å². The molecule has 0 atom stereocenters. The number of thiophene rings is 1. The van der Waals surface area contributed by atoms with Crippen LogP contribution in [0.5, 0.6) is 0 Å². The van der Waals surface area contributed by atoms with Crippen LogP contribution in [0.1, 0.15) is 4.88 Å². The summed E-state index contributed by atoms with van der Waals surface area (Å²) in [6, 6.07) is 5.63. The first kappa shape index (κ1) is 12.4. The minimum absolute atomic E-state index is 0.214. The maximum absolute atomic E-state index is 12.9. The van der Waals surface area contributed by atoms with Gasteiger partial charge in [-0.1, -0.05) is 0 Å². The molecule has 0 radical (unpaired) electrons. The number of nitrogens with one attached hydrogen (secondary N) is 1. The molecule has 1 heterocycles. The number of hydrogen-bond acceptors (Lipinski definition) is 2. The van der Waals surface area contributed by atoms with Crippen molar-refractivity contribution < 1.29 is 13.2 Å². The second-order valence-corrected chi connectivity index (χ2v) is 5.86. The van der Waals surface area contributed by atoms with Gasteiger partial charge in [0.1, 0.15) is 0 Å². The average Bonchev–Trinajstić information content (AvgIpc) is 2.69. The van der Waals surface area contributed by atoms with Crippen LogP contribution in [0.15, 0.2) is 28.1 Å². The zero-order valence-corrected chi connectivity index (χ0v) is 10.8. The smallest absolute Gasteiger partial charge is 0.194 e. The van der Waals surface area contributed by atoms with Crippen molar-refractivity contribution in [1.29, 1.82) is 0 Å². The Morgan fingerprint density at radius 1 is 1.12 bits per heavy atom. The van der Waals surface area contributed by atoms with Crippen molar-refractivity contribution in [2.75, 3.05) is 5.32 Å². The van der Waals surface area contributed by atoms with E-state index in [1.54, 1.807) is 0 Å². The highest BCUT2D eigenvalue weighted by molar-refractivity contribution is 9.11. The molecule has 1 nitrogen and oxygen atoms in total. The van der Waals surface area contributed by atoms with Crippen LogP contribution in [0, 0.1) is 17.5 Å². The highest BCUT2D eigenvalue weighted by Crippen LogP contribution is 2.23. The van der Waals surface area contributed by atoms with E-state index in [-0.39, 0.29) is 5.69 Å². The van der Waals surface area contributed by atoms with Crippen LogP contribution in [-0.4, -0.2) is 0 Å². The number of benzene rings is 1. The highest BCUT2D eigenvalue weighted by atomic mass is 79.9. The SMILES string of the molecule is Fc1cc(NCc2ccc(Br)s2)cc(F)c1F. The summed E-state index contributed by atoms with van der Waals surface area (Å²) >= 11 is 4.82. The molecule has 0 aliphatic heterocycles. The van der Waals surface area contributed by atoms with E-state index in [2.05, 4.69) is 21.2 Å². The van der Waals surface area contributed by atoms with Crippen LogP contribution in [0.3, 0.4) is 0 Å². The number of hydrogen-bond donors (Lipinski definition) is 1. The van der Waals surface area contributed by atoms with Gasteiger partial charge in [-0.05, 0) is 28.1 Å². The van der Waals surface area contributed by atoms with Crippen LogP contribution >= 0.6 is 27.3 Å². The second-order valence-electron chi connectivity index (χ2n) is 3.31. The summed E-state index contributed by atoms with van der Waals surface area (Å²) in [6.07, 6.45) is 0. The lowest BCUT2D eigenvalue weighted by molar-refractivity contribution is 0.447. The van der Waals surface area contributed by atoms with Gasteiger partial charge in [0.15, 0.2) is 17.5 Å². The van der Waals surface area contributed by atoms with Crippen LogP contribution in [-0.2, 0) is 6.54 Å². The van der Waals surface area contributed by atoms with E-state index >= 15 is 0 Å². The first-order chi connectivity index (χ1) is 8.06. The van der Waals surface area contributed by atoms with E-state index in [0.29, 0.717) is 6.54 Å². The number of anilines is 1. The lowest BCUT2D eigenvalue weighted by atomic mass is 10.3. The summed E-state index contributed by atoms with van der Waals surface area (Å²) in [5.74, 6) is -3.84. The van der Waals surface area contributed by atoms with Gasteiger partial charge in [-0.15, -0.1) is 11.3 Å². The fourth-order valence-corrected chi connectivity index (χ4v) is 2.72. The van der Waals surface area contributed by atoms with Gasteiger partial charge < -0.3 is 5.32 Å². The molecule has 1 aromatic heterocycles. The van der Waals surface area contributed by atoms with Gasteiger partial charge in [0, 0.05) is 29.2 Å².